The average molecular weight is 184 g/mol. The summed E-state index contributed by atoms with van der Waals surface area (Å²) < 4.78 is 0. The number of rotatable bonds is 4. The summed E-state index contributed by atoms with van der Waals surface area (Å²) in [5.41, 5.74) is 7.96. The van der Waals surface area contributed by atoms with Gasteiger partial charge in [0.05, 0.1) is 12.6 Å². The van der Waals surface area contributed by atoms with Crippen LogP contribution in [0.1, 0.15) is 11.9 Å². The molecule has 1 heterocycles. The Morgan fingerprint density at radius 1 is 1.69 bits per heavy atom. The zero-order valence-corrected chi connectivity index (χ0v) is 6.57. The van der Waals surface area contributed by atoms with Gasteiger partial charge in [0.2, 0.25) is 0 Å². The van der Waals surface area contributed by atoms with Crippen LogP contribution in [-0.4, -0.2) is 38.0 Å². The molecule has 0 saturated carbocycles. The van der Waals surface area contributed by atoms with E-state index in [9.17, 15) is 10.2 Å². The summed E-state index contributed by atoms with van der Waals surface area (Å²) in [6.45, 7) is -0.210. The Morgan fingerprint density at radius 3 is 3.00 bits per heavy atom. The Labute approximate surface area is 72.9 Å². The Morgan fingerprint density at radius 2 is 2.46 bits per heavy atom. The lowest BCUT2D eigenvalue weighted by Gasteiger charge is -2.12. The van der Waals surface area contributed by atoms with Crippen molar-refractivity contribution in [1.29, 1.82) is 0 Å². The molecule has 8 heteroatoms. The first-order valence-corrected chi connectivity index (χ1v) is 3.48. The molecule has 0 aliphatic rings. The van der Waals surface area contributed by atoms with E-state index in [-0.39, 0.29) is 12.4 Å². The molecule has 2 atom stereocenters. The maximum absolute atomic E-state index is 9.34. The van der Waals surface area contributed by atoms with Crippen LogP contribution in [0.5, 0.6) is 0 Å². The molecule has 13 heavy (non-hydrogen) atoms. The number of nitrogens with zero attached hydrogens (tertiary/aromatic N) is 5. The number of hydrogen-bond donors (Lipinski definition) is 3. The number of nitrogens with one attached hydrogen (secondary N) is 1. The molecule has 0 bridgehead atoms. The van der Waals surface area contributed by atoms with Gasteiger partial charge in [-0.3, -0.25) is 5.10 Å². The summed E-state index contributed by atoms with van der Waals surface area (Å²) >= 11 is 0. The molecule has 0 amide bonds. The van der Waals surface area contributed by atoms with Crippen molar-refractivity contribution < 1.29 is 10.2 Å². The second kappa shape index (κ2) is 4.41. The fraction of sp³-hybridized carbons (Fsp3) is 0.600. The Bertz CT molecular complexity index is 292. The van der Waals surface area contributed by atoms with Gasteiger partial charge in [-0.2, -0.15) is 5.10 Å². The molecule has 8 nitrogen and oxygen atoms in total. The summed E-state index contributed by atoms with van der Waals surface area (Å²) in [6, 6.07) is 0. The van der Waals surface area contributed by atoms with E-state index in [4.69, 9.17) is 5.53 Å². The molecular weight excluding hydrogens is 176 g/mol. The third-order valence-corrected chi connectivity index (χ3v) is 1.41. The zero-order chi connectivity index (χ0) is 9.68. The molecule has 2 unspecified atom stereocenters. The van der Waals surface area contributed by atoms with Crippen LogP contribution in [-0.2, 0) is 0 Å². The van der Waals surface area contributed by atoms with Crippen molar-refractivity contribution in [3.63, 3.8) is 0 Å². The fourth-order valence-corrected chi connectivity index (χ4v) is 0.760. The Kier molecular flexibility index (Phi) is 3.21. The van der Waals surface area contributed by atoms with E-state index in [1.54, 1.807) is 0 Å². The van der Waals surface area contributed by atoms with Gasteiger partial charge < -0.3 is 10.2 Å². The molecule has 0 aliphatic heterocycles. The first-order valence-electron chi connectivity index (χ1n) is 3.48. The summed E-state index contributed by atoms with van der Waals surface area (Å²) in [5, 5.41) is 27.6. The number of aromatic nitrogens is 3. The highest BCUT2D eigenvalue weighted by Crippen LogP contribution is 2.11. The quantitative estimate of drug-likeness (QED) is 0.331. The maximum Gasteiger partial charge on any atom is 0.155 e. The van der Waals surface area contributed by atoms with E-state index < -0.39 is 12.2 Å². The van der Waals surface area contributed by atoms with Crippen molar-refractivity contribution in [2.24, 2.45) is 5.11 Å². The highest BCUT2D eigenvalue weighted by molar-refractivity contribution is 4.90. The molecule has 0 saturated heterocycles. The van der Waals surface area contributed by atoms with E-state index in [1.807, 2.05) is 0 Å². The number of aliphatic hydroxyl groups excluding tert-OH is 2. The first-order chi connectivity index (χ1) is 6.25. The van der Waals surface area contributed by atoms with Crippen LogP contribution in [0.4, 0.5) is 0 Å². The first kappa shape index (κ1) is 9.46. The molecule has 70 valence electrons. The van der Waals surface area contributed by atoms with E-state index in [0.29, 0.717) is 0 Å². The van der Waals surface area contributed by atoms with E-state index in [1.165, 1.54) is 6.33 Å². The van der Waals surface area contributed by atoms with Gasteiger partial charge in [0.25, 0.3) is 0 Å². The molecule has 1 aromatic rings. The standard InChI is InChI=1S/C5H8N6O2/c6-11-8-1-3(12)4(13)5-7-2-9-10-5/h2-4,12-13H,1H2,(H,7,9,10). The summed E-state index contributed by atoms with van der Waals surface area (Å²) in [4.78, 5) is 6.08. The number of aromatic amines is 1. The second-order valence-corrected chi connectivity index (χ2v) is 2.30. The summed E-state index contributed by atoms with van der Waals surface area (Å²) in [6.07, 6.45) is -1.18. The van der Waals surface area contributed by atoms with Crippen LogP contribution in [0.3, 0.4) is 0 Å². The number of H-pyrrole nitrogens is 1. The molecule has 0 spiro atoms. The highest BCUT2D eigenvalue weighted by atomic mass is 16.3. The normalized spacial score (nSPS) is 14.6. The van der Waals surface area contributed by atoms with Gasteiger partial charge in [0.15, 0.2) is 5.82 Å². The third-order valence-electron chi connectivity index (χ3n) is 1.41. The second-order valence-electron chi connectivity index (χ2n) is 2.30. The molecular formula is C5H8N6O2. The van der Waals surface area contributed by atoms with Crippen molar-refractivity contribution >= 4 is 0 Å². The van der Waals surface area contributed by atoms with Crippen LogP contribution in [0.25, 0.3) is 10.4 Å². The number of azide groups is 1. The number of aliphatic hydroxyl groups is 2. The lowest BCUT2D eigenvalue weighted by atomic mass is 10.2. The molecule has 1 aromatic heterocycles. The van der Waals surface area contributed by atoms with Crippen LogP contribution >= 0.6 is 0 Å². The third kappa shape index (κ3) is 2.41. The molecule has 3 N–H and O–H groups in total. The predicted molar refractivity (Wildman–Crippen MR) is 41.4 cm³/mol. The van der Waals surface area contributed by atoms with E-state index in [0.717, 1.165) is 0 Å². The summed E-state index contributed by atoms with van der Waals surface area (Å²) in [5.74, 6) is 0.139. The molecule has 0 aliphatic carbocycles. The van der Waals surface area contributed by atoms with Gasteiger partial charge in [0, 0.05) is 4.91 Å². The smallest absolute Gasteiger partial charge is 0.155 e. The van der Waals surface area contributed by atoms with Gasteiger partial charge in [-0.1, -0.05) is 5.11 Å². The topological polar surface area (TPSA) is 131 Å². The van der Waals surface area contributed by atoms with Crippen LogP contribution < -0.4 is 0 Å². The SMILES string of the molecule is [N-]=[N+]=NCC(O)C(O)c1ncn[nH]1. The Balaban J connectivity index is 2.57. The maximum atomic E-state index is 9.34. The van der Waals surface area contributed by atoms with Crippen LogP contribution in [0.15, 0.2) is 11.4 Å². The van der Waals surface area contributed by atoms with Gasteiger partial charge in [-0.05, 0) is 5.53 Å². The van der Waals surface area contributed by atoms with Crippen molar-refractivity contribution in [1.82, 2.24) is 15.2 Å². The van der Waals surface area contributed by atoms with Gasteiger partial charge in [-0.15, -0.1) is 0 Å². The zero-order valence-electron chi connectivity index (χ0n) is 6.57. The molecule has 0 aromatic carbocycles. The van der Waals surface area contributed by atoms with Crippen molar-refractivity contribution in [2.45, 2.75) is 12.2 Å². The Hall–Kier alpha value is -1.63. The summed E-state index contributed by atoms with van der Waals surface area (Å²) in [7, 11) is 0. The van der Waals surface area contributed by atoms with Crippen molar-refractivity contribution in [3.05, 3.63) is 22.6 Å². The molecule has 0 radical (unpaired) electrons. The molecule has 1 rings (SSSR count). The van der Waals surface area contributed by atoms with E-state index >= 15 is 0 Å². The predicted octanol–water partition coefficient (Wildman–Crippen LogP) is -0.491. The fourth-order valence-electron chi connectivity index (χ4n) is 0.760. The minimum atomic E-state index is -1.21. The van der Waals surface area contributed by atoms with E-state index in [2.05, 4.69) is 25.2 Å². The minimum Gasteiger partial charge on any atom is -0.390 e. The van der Waals surface area contributed by atoms with Gasteiger partial charge in [0.1, 0.15) is 12.4 Å². The van der Waals surface area contributed by atoms with Crippen LogP contribution in [0, 0.1) is 0 Å². The average Bonchev–Trinajstić information content (AvgIpc) is 2.65. The number of hydrogen-bond acceptors (Lipinski definition) is 5. The lowest BCUT2D eigenvalue weighted by molar-refractivity contribution is 0.0191. The largest absolute Gasteiger partial charge is 0.390 e. The minimum absolute atomic E-state index is 0.139. The van der Waals surface area contributed by atoms with Gasteiger partial charge in [-0.25, -0.2) is 4.98 Å². The van der Waals surface area contributed by atoms with Crippen molar-refractivity contribution in [3.8, 4) is 0 Å². The monoisotopic (exact) mass is 184 g/mol. The van der Waals surface area contributed by atoms with Gasteiger partial charge >= 0.3 is 0 Å². The highest BCUT2D eigenvalue weighted by Gasteiger charge is 2.19. The van der Waals surface area contributed by atoms with Crippen LogP contribution in [0.2, 0.25) is 0 Å². The molecule has 0 fully saturated rings. The lowest BCUT2D eigenvalue weighted by Crippen LogP contribution is -2.22. The van der Waals surface area contributed by atoms with Crippen molar-refractivity contribution in [2.75, 3.05) is 6.54 Å².